The molecule has 4 nitrogen and oxygen atoms in total. The van der Waals surface area contributed by atoms with E-state index in [9.17, 15) is 4.79 Å². The molecule has 0 spiro atoms. The van der Waals surface area contributed by atoms with Crippen LogP contribution in [0.25, 0.3) is 16.1 Å². The second-order valence-corrected chi connectivity index (χ2v) is 4.07. The third kappa shape index (κ3) is 1.28. The number of H-pyrrole nitrogens is 1. The maximum Gasteiger partial charge on any atom is 0.273 e. The van der Waals surface area contributed by atoms with Crippen LogP contribution in [-0.4, -0.2) is 14.6 Å². The number of aromatic amines is 1. The van der Waals surface area contributed by atoms with Gasteiger partial charge in [0, 0.05) is 12.4 Å². The van der Waals surface area contributed by atoms with E-state index in [4.69, 9.17) is 0 Å². The molecule has 0 saturated carbocycles. The second kappa shape index (κ2) is 3.06. The molecule has 0 aliphatic rings. The Kier molecular flexibility index (Phi) is 1.72. The van der Waals surface area contributed by atoms with E-state index in [1.165, 1.54) is 0 Å². The minimum absolute atomic E-state index is 0.118. The smallest absolute Gasteiger partial charge is 0.273 e. The van der Waals surface area contributed by atoms with E-state index in [2.05, 4.69) is 10.1 Å². The number of fused-ring (bicyclic) bond motifs is 1. The molecule has 3 aromatic rings. The van der Waals surface area contributed by atoms with Crippen molar-refractivity contribution in [2.45, 2.75) is 0 Å². The van der Waals surface area contributed by atoms with Gasteiger partial charge in [-0.1, -0.05) is 6.07 Å². The molecule has 0 unspecified atom stereocenters. The van der Waals surface area contributed by atoms with E-state index < -0.39 is 0 Å². The molecule has 0 amide bonds. The average molecular weight is 217 g/mol. The summed E-state index contributed by atoms with van der Waals surface area (Å²) in [6.45, 7) is 0. The summed E-state index contributed by atoms with van der Waals surface area (Å²) in [4.78, 5) is 15.1. The number of thiophene rings is 1. The Morgan fingerprint density at radius 1 is 1.47 bits per heavy atom. The van der Waals surface area contributed by atoms with Gasteiger partial charge in [-0.25, -0.2) is 4.52 Å². The topological polar surface area (TPSA) is 50.2 Å². The fraction of sp³-hybridized carbons (Fsp3) is 0. The predicted octanol–water partition coefficient (Wildman–Crippen LogP) is 1.75. The van der Waals surface area contributed by atoms with Gasteiger partial charge in [0.25, 0.3) is 5.56 Å². The van der Waals surface area contributed by atoms with Crippen LogP contribution in [0.5, 0.6) is 0 Å². The summed E-state index contributed by atoms with van der Waals surface area (Å²) in [6.07, 6.45) is 3.31. The number of nitrogens with one attached hydrogen (secondary N) is 1. The van der Waals surface area contributed by atoms with Crippen molar-refractivity contribution in [3.63, 3.8) is 0 Å². The van der Waals surface area contributed by atoms with Crippen molar-refractivity contribution in [1.29, 1.82) is 0 Å². The number of aromatic nitrogens is 3. The molecule has 0 fully saturated rings. The summed E-state index contributed by atoms with van der Waals surface area (Å²) in [7, 11) is 0. The summed E-state index contributed by atoms with van der Waals surface area (Å²) in [5.41, 5.74) is 1.29. The molecular weight excluding hydrogens is 210 g/mol. The number of nitrogens with zero attached hydrogens (tertiary/aromatic N) is 2. The fourth-order valence-electron chi connectivity index (χ4n) is 1.48. The summed E-state index contributed by atoms with van der Waals surface area (Å²) in [5.74, 6) is 0. The van der Waals surface area contributed by atoms with Crippen molar-refractivity contribution in [3.05, 3.63) is 46.3 Å². The Morgan fingerprint density at radius 2 is 2.40 bits per heavy atom. The van der Waals surface area contributed by atoms with Crippen LogP contribution >= 0.6 is 11.3 Å². The van der Waals surface area contributed by atoms with E-state index >= 15 is 0 Å². The van der Waals surface area contributed by atoms with E-state index in [0.717, 1.165) is 10.6 Å². The van der Waals surface area contributed by atoms with Crippen molar-refractivity contribution < 1.29 is 0 Å². The zero-order valence-corrected chi connectivity index (χ0v) is 8.49. The highest BCUT2D eigenvalue weighted by atomic mass is 32.1. The molecule has 3 aromatic heterocycles. The van der Waals surface area contributed by atoms with Crippen LogP contribution in [0.4, 0.5) is 0 Å². The maximum atomic E-state index is 11.4. The average Bonchev–Trinajstić information content (AvgIpc) is 2.86. The molecule has 0 atom stereocenters. The van der Waals surface area contributed by atoms with Gasteiger partial charge in [0.1, 0.15) is 11.2 Å². The van der Waals surface area contributed by atoms with Crippen LogP contribution in [0, 0.1) is 0 Å². The molecular formula is C10H7N3OS. The van der Waals surface area contributed by atoms with Crippen molar-refractivity contribution in [2.75, 3.05) is 0 Å². The summed E-state index contributed by atoms with van der Waals surface area (Å²) < 4.78 is 1.59. The molecule has 3 heterocycles. The van der Waals surface area contributed by atoms with Gasteiger partial charge in [0.05, 0.1) is 4.88 Å². The first-order valence-electron chi connectivity index (χ1n) is 4.45. The Morgan fingerprint density at radius 3 is 3.13 bits per heavy atom. The predicted molar refractivity (Wildman–Crippen MR) is 59.1 cm³/mol. The van der Waals surface area contributed by atoms with Gasteiger partial charge in [-0.2, -0.15) is 5.10 Å². The van der Waals surface area contributed by atoms with Gasteiger partial charge in [-0.05, 0) is 17.5 Å². The summed E-state index contributed by atoms with van der Waals surface area (Å²) >= 11 is 1.61. The molecule has 3 rings (SSSR count). The van der Waals surface area contributed by atoms with Gasteiger partial charge < -0.3 is 4.98 Å². The first-order valence-corrected chi connectivity index (χ1v) is 5.33. The van der Waals surface area contributed by atoms with Crippen molar-refractivity contribution in [3.8, 4) is 10.6 Å². The highest BCUT2D eigenvalue weighted by molar-refractivity contribution is 7.13. The number of hydrogen-bond donors (Lipinski definition) is 1. The van der Waals surface area contributed by atoms with Crippen LogP contribution < -0.4 is 5.56 Å². The lowest BCUT2D eigenvalue weighted by Gasteiger charge is -1.88. The van der Waals surface area contributed by atoms with Crippen molar-refractivity contribution in [2.24, 2.45) is 0 Å². The molecule has 0 radical (unpaired) electrons. The summed E-state index contributed by atoms with van der Waals surface area (Å²) in [5, 5.41) is 6.31. The van der Waals surface area contributed by atoms with E-state index in [1.54, 1.807) is 34.3 Å². The summed E-state index contributed by atoms with van der Waals surface area (Å²) in [6, 6.07) is 5.75. The van der Waals surface area contributed by atoms with Crippen molar-refractivity contribution >= 4 is 16.9 Å². The van der Waals surface area contributed by atoms with Crippen LogP contribution in [-0.2, 0) is 0 Å². The molecule has 74 valence electrons. The molecule has 15 heavy (non-hydrogen) atoms. The Balaban J connectivity index is 2.32. The molecule has 5 heteroatoms. The van der Waals surface area contributed by atoms with E-state index in [-0.39, 0.29) is 5.56 Å². The minimum Gasteiger partial charge on any atom is -0.326 e. The molecule has 0 saturated heterocycles. The standard InChI is InChI=1S/C10H7N3OS/c14-10-8-6-7(9-2-1-5-15-9)12-13(8)4-3-11-10/h1-6H,(H,11,14). The third-order valence-electron chi connectivity index (χ3n) is 2.17. The van der Waals surface area contributed by atoms with Crippen LogP contribution in [0.2, 0.25) is 0 Å². The molecule has 0 bridgehead atoms. The molecule has 0 aliphatic heterocycles. The quantitative estimate of drug-likeness (QED) is 0.675. The normalized spacial score (nSPS) is 10.9. The molecule has 0 aromatic carbocycles. The third-order valence-corrected chi connectivity index (χ3v) is 3.06. The van der Waals surface area contributed by atoms with Gasteiger partial charge in [-0.15, -0.1) is 11.3 Å². The van der Waals surface area contributed by atoms with E-state index in [1.807, 2.05) is 17.5 Å². The largest absolute Gasteiger partial charge is 0.326 e. The van der Waals surface area contributed by atoms with Gasteiger partial charge in [0.15, 0.2) is 0 Å². The van der Waals surface area contributed by atoms with Crippen LogP contribution in [0.1, 0.15) is 0 Å². The Labute approximate surface area is 88.8 Å². The Hall–Kier alpha value is -1.88. The van der Waals surface area contributed by atoms with Gasteiger partial charge >= 0.3 is 0 Å². The maximum absolute atomic E-state index is 11.4. The highest BCUT2D eigenvalue weighted by Gasteiger charge is 2.06. The molecule has 1 N–H and O–H groups in total. The fourth-order valence-corrected chi connectivity index (χ4v) is 2.16. The lowest BCUT2D eigenvalue weighted by atomic mass is 10.3. The zero-order valence-electron chi connectivity index (χ0n) is 7.68. The lowest BCUT2D eigenvalue weighted by molar-refractivity contribution is 0.941. The second-order valence-electron chi connectivity index (χ2n) is 3.13. The van der Waals surface area contributed by atoms with Crippen molar-refractivity contribution in [1.82, 2.24) is 14.6 Å². The van der Waals surface area contributed by atoms with Crippen LogP contribution in [0.15, 0.2) is 40.8 Å². The van der Waals surface area contributed by atoms with Gasteiger partial charge in [-0.3, -0.25) is 4.79 Å². The van der Waals surface area contributed by atoms with Gasteiger partial charge in [0.2, 0.25) is 0 Å². The first kappa shape index (κ1) is 8.43. The first-order chi connectivity index (χ1) is 7.34. The number of hydrogen-bond acceptors (Lipinski definition) is 3. The SMILES string of the molecule is O=c1[nH]ccn2nc(-c3cccs3)cc12. The number of rotatable bonds is 1. The molecule has 0 aliphatic carbocycles. The Bertz CT molecular complexity index is 651. The monoisotopic (exact) mass is 217 g/mol. The highest BCUT2D eigenvalue weighted by Crippen LogP contribution is 2.23. The van der Waals surface area contributed by atoms with Crippen LogP contribution in [0.3, 0.4) is 0 Å². The lowest BCUT2D eigenvalue weighted by Crippen LogP contribution is -2.07. The van der Waals surface area contributed by atoms with E-state index in [0.29, 0.717) is 5.52 Å². The zero-order chi connectivity index (χ0) is 10.3. The minimum atomic E-state index is -0.118.